The van der Waals surface area contributed by atoms with Crippen LogP contribution in [0.5, 0.6) is 0 Å². The molecule has 0 heterocycles. The van der Waals surface area contributed by atoms with Crippen LogP contribution in [0.3, 0.4) is 0 Å². The van der Waals surface area contributed by atoms with Crippen LogP contribution in [0.4, 0.5) is 5.69 Å². The Morgan fingerprint density at radius 2 is 1.95 bits per heavy atom. The minimum atomic E-state index is -1.12. The van der Waals surface area contributed by atoms with Gasteiger partial charge in [-0.05, 0) is 25.8 Å². The lowest BCUT2D eigenvalue weighted by molar-refractivity contribution is -0.384. The van der Waals surface area contributed by atoms with Crippen LogP contribution in [0.1, 0.15) is 19.4 Å². The molecule has 2 N–H and O–H groups in total. The number of nitro benzene ring substituents is 1. The molecule has 22 heavy (non-hydrogen) atoms. The largest absolute Gasteiger partial charge is 0.480 e. The number of aliphatic carboxylic acids is 1. The van der Waals surface area contributed by atoms with Crippen LogP contribution in [0.15, 0.2) is 24.3 Å². The number of carboxylic acid groups (broad SMARTS) is 1. The first-order valence-corrected chi connectivity index (χ1v) is 6.74. The Bertz CT molecular complexity index is 543. The van der Waals surface area contributed by atoms with Crippen molar-refractivity contribution in [2.24, 2.45) is 0 Å². The first-order chi connectivity index (χ1) is 10.3. The maximum atomic E-state index is 11.5. The van der Waals surface area contributed by atoms with Crippen LogP contribution < -0.4 is 5.32 Å². The van der Waals surface area contributed by atoms with Gasteiger partial charge in [-0.15, -0.1) is 0 Å². The first-order valence-electron chi connectivity index (χ1n) is 6.74. The van der Waals surface area contributed by atoms with Gasteiger partial charge in [0.2, 0.25) is 0 Å². The number of nitro groups is 1. The molecule has 0 aliphatic rings. The molecule has 1 aromatic carbocycles. The zero-order valence-corrected chi connectivity index (χ0v) is 12.3. The Hall–Kier alpha value is -2.48. The third-order valence-corrected chi connectivity index (χ3v) is 2.98. The molecule has 8 heteroatoms. The molecule has 0 aliphatic carbocycles. The van der Waals surface area contributed by atoms with Crippen LogP contribution in [0.25, 0.3) is 0 Å². The predicted molar refractivity (Wildman–Crippen MR) is 77.5 cm³/mol. The van der Waals surface area contributed by atoms with E-state index in [9.17, 15) is 24.8 Å². The highest BCUT2D eigenvalue weighted by molar-refractivity contribution is 5.78. The lowest BCUT2D eigenvalue weighted by Gasteiger charge is -2.19. The van der Waals surface area contributed by atoms with Gasteiger partial charge in [0.05, 0.1) is 11.5 Å². The quantitative estimate of drug-likeness (QED) is 0.419. The molecule has 0 unspecified atom stereocenters. The van der Waals surface area contributed by atoms with Gasteiger partial charge in [0, 0.05) is 12.1 Å². The van der Waals surface area contributed by atoms with Crippen molar-refractivity contribution in [3.05, 3.63) is 39.9 Å². The van der Waals surface area contributed by atoms with Crippen LogP contribution in [0.2, 0.25) is 0 Å². The molecule has 0 amide bonds. The number of carboxylic acids is 1. The lowest BCUT2D eigenvalue weighted by Crippen LogP contribution is -2.47. The SMILES string of the molecule is CCOC(=O)[C@@H](C)N[C@H](Cc1ccc([N+](=O)[O-])cc1)C(=O)O. The van der Waals surface area contributed by atoms with Gasteiger partial charge in [0.15, 0.2) is 0 Å². The fourth-order valence-corrected chi connectivity index (χ4v) is 1.84. The molecule has 0 radical (unpaired) electrons. The van der Waals surface area contributed by atoms with E-state index >= 15 is 0 Å². The third kappa shape index (κ3) is 5.13. The van der Waals surface area contributed by atoms with Crippen molar-refractivity contribution >= 4 is 17.6 Å². The highest BCUT2D eigenvalue weighted by Gasteiger charge is 2.24. The zero-order valence-electron chi connectivity index (χ0n) is 12.3. The number of nitrogens with zero attached hydrogens (tertiary/aromatic N) is 1. The number of carbonyl (C=O) groups excluding carboxylic acids is 1. The standard InChI is InChI=1S/C14H18N2O6/c1-3-22-14(19)9(2)15-12(13(17)18)8-10-4-6-11(7-5-10)16(20)21/h4-7,9,12,15H,3,8H2,1-2H3,(H,17,18)/t9-,12-/m1/s1. The molecule has 0 aliphatic heterocycles. The number of nitrogens with one attached hydrogen (secondary N) is 1. The fourth-order valence-electron chi connectivity index (χ4n) is 1.84. The highest BCUT2D eigenvalue weighted by Crippen LogP contribution is 2.13. The number of esters is 1. The number of rotatable bonds is 8. The summed E-state index contributed by atoms with van der Waals surface area (Å²) in [5.74, 6) is -1.65. The van der Waals surface area contributed by atoms with Gasteiger partial charge in [-0.1, -0.05) is 12.1 Å². The van der Waals surface area contributed by atoms with Crippen molar-refractivity contribution in [1.29, 1.82) is 0 Å². The number of hydrogen-bond donors (Lipinski definition) is 2. The topological polar surface area (TPSA) is 119 Å². The van der Waals surface area contributed by atoms with E-state index in [2.05, 4.69) is 5.32 Å². The molecule has 1 rings (SSSR count). The van der Waals surface area contributed by atoms with E-state index < -0.39 is 28.9 Å². The summed E-state index contributed by atoms with van der Waals surface area (Å²) >= 11 is 0. The number of hydrogen-bond acceptors (Lipinski definition) is 6. The van der Waals surface area contributed by atoms with Gasteiger partial charge in [-0.25, -0.2) is 0 Å². The molecule has 120 valence electrons. The summed E-state index contributed by atoms with van der Waals surface area (Å²) in [5, 5.41) is 22.5. The highest BCUT2D eigenvalue weighted by atomic mass is 16.6. The summed E-state index contributed by atoms with van der Waals surface area (Å²) in [7, 11) is 0. The third-order valence-electron chi connectivity index (χ3n) is 2.98. The molecular weight excluding hydrogens is 292 g/mol. The monoisotopic (exact) mass is 310 g/mol. The molecule has 8 nitrogen and oxygen atoms in total. The summed E-state index contributed by atoms with van der Waals surface area (Å²) < 4.78 is 4.81. The molecule has 0 spiro atoms. The maximum Gasteiger partial charge on any atom is 0.322 e. The molecular formula is C14H18N2O6. The van der Waals surface area contributed by atoms with Gasteiger partial charge in [-0.3, -0.25) is 25.0 Å². The van der Waals surface area contributed by atoms with E-state index in [1.54, 1.807) is 6.92 Å². The molecule has 2 atom stereocenters. The molecule has 0 saturated heterocycles. The normalized spacial score (nSPS) is 13.2. The van der Waals surface area contributed by atoms with Crippen molar-refractivity contribution in [1.82, 2.24) is 5.32 Å². The second kappa shape index (κ2) is 8.08. The van der Waals surface area contributed by atoms with Crippen molar-refractivity contribution in [2.75, 3.05) is 6.61 Å². The average molecular weight is 310 g/mol. The Kier molecular flexibility index (Phi) is 6.46. The minimum Gasteiger partial charge on any atom is -0.480 e. The Morgan fingerprint density at radius 1 is 1.36 bits per heavy atom. The van der Waals surface area contributed by atoms with Crippen molar-refractivity contribution in [2.45, 2.75) is 32.4 Å². The summed E-state index contributed by atoms with van der Waals surface area (Å²) in [6.07, 6.45) is 0.0943. The smallest absolute Gasteiger partial charge is 0.322 e. The number of ether oxygens (including phenoxy) is 1. The summed E-state index contributed by atoms with van der Waals surface area (Å²) in [4.78, 5) is 32.8. The molecule has 0 bridgehead atoms. The lowest BCUT2D eigenvalue weighted by atomic mass is 10.0. The van der Waals surface area contributed by atoms with E-state index in [4.69, 9.17) is 4.74 Å². The van der Waals surface area contributed by atoms with Crippen molar-refractivity contribution < 1.29 is 24.4 Å². The number of carbonyl (C=O) groups is 2. The van der Waals surface area contributed by atoms with Gasteiger partial charge in [-0.2, -0.15) is 0 Å². The van der Waals surface area contributed by atoms with E-state index in [1.807, 2.05) is 0 Å². The van der Waals surface area contributed by atoms with E-state index in [0.717, 1.165) is 0 Å². The van der Waals surface area contributed by atoms with Crippen molar-refractivity contribution in [3.8, 4) is 0 Å². The fraction of sp³-hybridized carbons (Fsp3) is 0.429. The van der Waals surface area contributed by atoms with Crippen LogP contribution in [-0.2, 0) is 20.7 Å². The second-order valence-corrected chi connectivity index (χ2v) is 4.66. The predicted octanol–water partition coefficient (Wildman–Crippen LogP) is 1.13. The van der Waals surface area contributed by atoms with E-state index in [1.165, 1.54) is 31.2 Å². The molecule has 0 fully saturated rings. The molecule has 0 saturated carbocycles. The first kappa shape index (κ1) is 17.6. The Morgan fingerprint density at radius 3 is 2.41 bits per heavy atom. The van der Waals surface area contributed by atoms with Gasteiger partial charge < -0.3 is 9.84 Å². The van der Waals surface area contributed by atoms with E-state index in [-0.39, 0.29) is 18.7 Å². The second-order valence-electron chi connectivity index (χ2n) is 4.66. The Balaban J connectivity index is 2.73. The van der Waals surface area contributed by atoms with Crippen LogP contribution in [0, 0.1) is 10.1 Å². The average Bonchev–Trinajstić information content (AvgIpc) is 2.47. The van der Waals surface area contributed by atoms with Gasteiger partial charge >= 0.3 is 11.9 Å². The van der Waals surface area contributed by atoms with Crippen molar-refractivity contribution in [3.63, 3.8) is 0 Å². The number of non-ortho nitro benzene ring substituents is 1. The number of benzene rings is 1. The van der Waals surface area contributed by atoms with Crippen LogP contribution >= 0.6 is 0 Å². The maximum absolute atomic E-state index is 11.5. The molecule has 0 aromatic heterocycles. The van der Waals surface area contributed by atoms with Gasteiger partial charge in [0.1, 0.15) is 12.1 Å². The zero-order chi connectivity index (χ0) is 16.7. The molecule has 1 aromatic rings. The summed E-state index contributed by atoms with van der Waals surface area (Å²) in [5.41, 5.74) is 0.546. The van der Waals surface area contributed by atoms with E-state index in [0.29, 0.717) is 5.56 Å². The van der Waals surface area contributed by atoms with Crippen LogP contribution in [-0.4, -0.2) is 40.7 Å². The minimum absolute atomic E-state index is 0.0662. The summed E-state index contributed by atoms with van der Waals surface area (Å²) in [6, 6.07) is 3.83. The Labute approximate surface area is 127 Å². The van der Waals surface area contributed by atoms with Gasteiger partial charge in [0.25, 0.3) is 5.69 Å². The summed E-state index contributed by atoms with van der Waals surface area (Å²) in [6.45, 7) is 3.39.